The minimum Gasteiger partial charge on any atom is -0.352 e. The standard InChI is InChI=1S/C12H21N3O2/c1-7(11(16)15-10-4-5-10)14-12(17)8-2-3-9(13)6-8/h7-10H,2-6,13H2,1H3,(H,14,17)(H,15,16). The van der Waals surface area contributed by atoms with Crippen molar-refractivity contribution in [2.75, 3.05) is 0 Å². The number of hydrogen-bond acceptors (Lipinski definition) is 3. The van der Waals surface area contributed by atoms with Gasteiger partial charge in [0.1, 0.15) is 6.04 Å². The number of rotatable bonds is 4. The molecule has 0 aliphatic heterocycles. The zero-order valence-electron chi connectivity index (χ0n) is 10.2. The van der Waals surface area contributed by atoms with Crippen LogP contribution in [0.15, 0.2) is 0 Å². The highest BCUT2D eigenvalue weighted by atomic mass is 16.2. The van der Waals surface area contributed by atoms with Crippen LogP contribution in [0, 0.1) is 5.92 Å². The van der Waals surface area contributed by atoms with Gasteiger partial charge in [0, 0.05) is 18.0 Å². The van der Waals surface area contributed by atoms with Gasteiger partial charge in [-0.15, -0.1) is 0 Å². The molecule has 2 aliphatic rings. The lowest BCUT2D eigenvalue weighted by Gasteiger charge is -2.16. The largest absolute Gasteiger partial charge is 0.352 e. The van der Waals surface area contributed by atoms with Crippen LogP contribution in [0.3, 0.4) is 0 Å². The summed E-state index contributed by atoms with van der Waals surface area (Å²) in [6.07, 6.45) is 4.60. The maximum Gasteiger partial charge on any atom is 0.242 e. The first-order valence-corrected chi connectivity index (χ1v) is 6.42. The Morgan fingerprint density at radius 2 is 1.94 bits per heavy atom. The molecule has 0 aromatic rings. The molecule has 0 aromatic heterocycles. The molecule has 17 heavy (non-hydrogen) atoms. The lowest BCUT2D eigenvalue weighted by molar-refractivity contribution is -0.130. The van der Waals surface area contributed by atoms with Gasteiger partial charge < -0.3 is 16.4 Å². The van der Waals surface area contributed by atoms with E-state index in [1.54, 1.807) is 6.92 Å². The van der Waals surface area contributed by atoms with E-state index in [0.29, 0.717) is 6.04 Å². The maximum absolute atomic E-state index is 11.9. The normalized spacial score (nSPS) is 29.8. The van der Waals surface area contributed by atoms with Gasteiger partial charge in [0.25, 0.3) is 0 Å². The summed E-state index contributed by atoms with van der Waals surface area (Å²) in [5, 5.41) is 5.65. The number of nitrogens with one attached hydrogen (secondary N) is 2. The van der Waals surface area contributed by atoms with Crippen LogP contribution in [0.1, 0.15) is 39.0 Å². The lowest BCUT2D eigenvalue weighted by atomic mass is 10.1. The fraction of sp³-hybridized carbons (Fsp3) is 0.833. The molecule has 0 bridgehead atoms. The molecule has 5 heteroatoms. The first-order valence-electron chi connectivity index (χ1n) is 6.42. The Kier molecular flexibility index (Phi) is 3.66. The number of carbonyl (C=O) groups excluding carboxylic acids is 2. The van der Waals surface area contributed by atoms with Crippen molar-refractivity contribution >= 4 is 11.8 Å². The Balaban J connectivity index is 1.74. The van der Waals surface area contributed by atoms with Crippen LogP contribution in [0.25, 0.3) is 0 Å². The molecule has 96 valence electrons. The predicted molar refractivity (Wildman–Crippen MR) is 64.1 cm³/mol. The fourth-order valence-electron chi connectivity index (χ4n) is 2.21. The van der Waals surface area contributed by atoms with E-state index < -0.39 is 6.04 Å². The average Bonchev–Trinajstić information content (AvgIpc) is 2.97. The molecular weight excluding hydrogens is 218 g/mol. The number of amides is 2. The summed E-state index contributed by atoms with van der Waals surface area (Å²) in [6.45, 7) is 1.73. The maximum atomic E-state index is 11.9. The van der Waals surface area contributed by atoms with E-state index >= 15 is 0 Å². The van der Waals surface area contributed by atoms with Crippen molar-refractivity contribution in [2.45, 2.75) is 57.2 Å². The smallest absolute Gasteiger partial charge is 0.242 e. The minimum atomic E-state index is -0.445. The van der Waals surface area contributed by atoms with Crippen molar-refractivity contribution in [3.8, 4) is 0 Å². The second-order valence-electron chi connectivity index (χ2n) is 5.28. The van der Waals surface area contributed by atoms with E-state index in [-0.39, 0.29) is 23.8 Å². The van der Waals surface area contributed by atoms with Crippen LogP contribution in [0.5, 0.6) is 0 Å². The summed E-state index contributed by atoms with van der Waals surface area (Å²) in [7, 11) is 0. The van der Waals surface area contributed by atoms with E-state index in [1.807, 2.05) is 0 Å². The van der Waals surface area contributed by atoms with E-state index in [0.717, 1.165) is 32.1 Å². The Bertz CT molecular complexity index is 315. The third-order valence-corrected chi connectivity index (χ3v) is 3.52. The monoisotopic (exact) mass is 239 g/mol. The van der Waals surface area contributed by atoms with Crippen molar-refractivity contribution < 1.29 is 9.59 Å². The second kappa shape index (κ2) is 5.04. The van der Waals surface area contributed by atoms with E-state index in [9.17, 15) is 9.59 Å². The molecule has 3 unspecified atom stereocenters. The first-order chi connectivity index (χ1) is 8.06. The van der Waals surface area contributed by atoms with Gasteiger partial charge in [0.2, 0.25) is 11.8 Å². The molecule has 5 nitrogen and oxygen atoms in total. The quantitative estimate of drug-likeness (QED) is 0.640. The molecule has 4 N–H and O–H groups in total. The van der Waals surface area contributed by atoms with Crippen LogP contribution < -0.4 is 16.4 Å². The Morgan fingerprint density at radius 1 is 1.24 bits per heavy atom. The summed E-state index contributed by atoms with van der Waals surface area (Å²) in [6, 6.07) is 0.0306. The fourth-order valence-corrected chi connectivity index (χ4v) is 2.21. The van der Waals surface area contributed by atoms with Crippen molar-refractivity contribution in [3.63, 3.8) is 0 Å². The van der Waals surface area contributed by atoms with Crippen LogP contribution >= 0.6 is 0 Å². The van der Waals surface area contributed by atoms with Gasteiger partial charge in [-0.25, -0.2) is 0 Å². The van der Waals surface area contributed by atoms with E-state index in [1.165, 1.54) is 0 Å². The average molecular weight is 239 g/mol. The van der Waals surface area contributed by atoms with Crippen molar-refractivity contribution in [1.82, 2.24) is 10.6 Å². The second-order valence-corrected chi connectivity index (χ2v) is 5.28. The van der Waals surface area contributed by atoms with Crippen LogP contribution in [-0.2, 0) is 9.59 Å². The Labute approximate surface area is 102 Å². The number of hydrogen-bond donors (Lipinski definition) is 3. The molecule has 2 fully saturated rings. The van der Waals surface area contributed by atoms with Gasteiger partial charge >= 0.3 is 0 Å². The molecule has 2 amide bonds. The van der Waals surface area contributed by atoms with Crippen molar-refractivity contribution in [2.24, 2.45) is 11.7 Å². The summed E-state index contributed by atoms with van der Waals surface area (Å²) in [5.41, 5.74) is 5.77. The molecular formula is C12H21N3O2. The molecule has 0 spiro atoms. The minimum absolute atomic E-state index is 0.0128. The highest BCUT2D eigenvalue weighted by molar-refractivity contribution is 5.88. The number of carbonyl (C=O) groups is 2. The molecule has 2 saturated carbocycles. The lowest BCUT2D eigenvalue weighted by Crippen LogP contribution is -2.47. The zero-order chi connectivity index (χ0) is 12.4. The van der Waals surface area contributed by atoms with Gasteiger partial charge in [-0.1, -0.05) is 0 Å². The molecule has 2 aliphatic carbocycles. The summed E-state index contributed by atoms with van der Waals surface area (Å²) in [5.74, 6) is -0.124. The van der Waals surface area contributed by atoms with Crippen LogP contribution in [0.4, 0.5) is 0 Å². The van der Waals surface area contributed by atoms with Crippen molar-refractivity contribution in [1.29, 1.82) is 0 Å². The zero-order valence-corrected chi connectivity index (χ0v) is 10.2. The molecule has 0 saturated heterocycles. The molecule has 2 rings (SSSR count). The van der Waals surface area contributed by atoms with Gasteiger partial charge in [-0.2, -0.15) is 0 Å². The Hall–Kier alpha value is -1.10. The molecule has 0 heterocycles. The van der Waals surface area contributed by atoms with E-state index in [2.05, 4.69) is 10.6 Å². The SMILES string of the molecule is CC(NC(=O)C1CCC(N)C1)C(=O)NC1CC1. The summed E-state index contributed by atoms with van der Waals surface area (Å²) < 4.78 is 0. The van der Waals surface area contributed by atoms with Gasteiger partial charge in [0.05, 0.1) is 0 Å². The summed E-state index contributed by atoms with van der Waals surface area (Å²) >= 11 is 0. The van der Waals surface area contributed by atoms with Crippen LogP contribution in [0.2, 0.25) is 0 Å². The van der Waals surface area contributed by atoms with Crippen molar-refractivity contribution in [3.05, 3.63) is 0 Å². The highest BCUT2D eigenvalue weighted by Gasteiger charge is 2.30. The molecule has 3 atom stereocenters. The Morgan fingerprint density at radius 3 is 2.47 bits per heavy atom. The van der Waals surface area contributed by atoms with Gasteiger partial charge in [-0.3, -0.25) is 9.59 Å². The predicted octanol–water partition coefficient (Wildman–Crippen LogP) is -0.103. The van der Waals surface area contributed by atoms with E-state index in [4.69, 9.17) is 5.73 Å². The van der Waals surface area contributed by atoms with Crippen LogP contribution in [-0.4, -0.2) is 29.9 Å². The molecule has 0 aromatic carbocycles. The number of nitrogens with two attached hydrogens (primary N) is 1. The molecule has 0 radical (unpaired) electrons. The summed E-state index contributed by atoms with van der Waals surface area (Å²) in [4.78, 5) is 23.5. The third kappa shape index (κ3) is 3.43. The van der Waals surface area contributed by atoms with Gasteiger partial charge in [0.15, 0.2) is 0 Å². The highest BCUT2D eigenvalue weighted by Crippen LogP contribution is 2.24. The third-order valence-electron chi connectivity index (χ3n) is 3.52. The van der Waals surface area contributed by atoms with Gasteiger partial charge in [-0.05, 0) is 39.0 Å². The topological polar surface area (TPSA) is 84.2 Å². The first kappa shape index (κ1) is 12.4.